The Bertz CT molecular complexity index is 194. The Kier molecular flexibility index (Phi) is 4.52. The molecule has 0 heterocycles. The van der Waals surface area contributed by atoms with Gasteiger partial charge in [0, 0.05) is 13.7 Å². The molecule has 0 bridgehead atoms. The minimum atomic E-state index is -0.480. The van der Waals surface area contributed by atoms with Gasteiger partial charge in [0.2, 0.25) is 0 Å². The van der Waals surface area contributed by atoms with E-state index in [4.69, 9.17) is 15.2 Å². The number of hydrogen-bond acceptors (Lipinski definition) is 4. The molecule has 15 heavy (non-hydrogen) atoms. The summed E-state index contributed by atoms with van der Waals surface area (Å²) in [7, 11) is 1.66. The first kappa shape index (κ1) is 12.9. The summed E-state index contributed by atoms with van der Waals surface area (Å²) in [5.74, 6) is 0.489. The maximum absolute atomic E-state index is 9.44. The SMILES string of the molecule is COCC(CN)(OC(C)C(C)O)C1CC1. The third kappa shape index (κ3) is 3.14. The monoisotopic (exact) mass is 217 g/mol. The van der Waals surface area contributed by atoms with E-state index in [0.29, 0.717) is 19.1 Å². The third-order valence-electron chi connectivity index (χ3n) is 3.16. The van der Waals surface area contributed by atoms with E-state index in [1.165, 1.54) is 0 Å². The van der Waals surface area contributed by atoms with E-state index in [9.17, 15) is 5.11 Å². The third-order valence-corrected chi connectivity index (χ3v) is 3.16. The summed E-state index contributed by atoms with van der Waals surface area (Å²) in [6, 6.07) is 0. The normalized spacial score (nSPS) is 24.6. The molecule has 90 valence electrons. The van der Waals surface area contributed by atoms with Crippen LogP contribution in [-0.2, 0) is 9.47 Å². The highest BCUT2D eigenvalue weighted by Gasteiger charge is 2.46. The lowest BCUT2D eigenvalue weighted by Crippen LogP contribution is -2.50. The molecule has 3 N–H and O–H groups in total. The maximum Gasteiger partial charge on any atom is 0.107 e. The summed E-state index contributed by atoms with van der Waals surface area (Å²) in [6.45, 7) is 4.55. The van der Waals surface area contributed by atoms with E-state index in [1.807, 2.05) is 6.92 Å². The number of aliphatic hydroxyl groups excluding tert-OH is 1. The lowest BCUT2D eigenvalue weighted by Gasteiger charge is -2.36. The summed E-state index contributed by atoms with van der Waals surface area (Å²) in [5.41, 5.74) is 5.40. The van der Waals surface area contributed by atoms with E-state index in [-0.39, 0.29) is 6.10 Å². The Morgan fingerprint density at radius 2 is 2.07 bits per heavy atom. The van der Waals surface area contributed by atoms with E-state index in [1.54, 1.807) is 14.0 Å². The van der Waals surface area contributed by atoms with Crippen LogP contribution in [0.1, 0.15) is 26.7 Å². The molecular formula is C11H23NO3. The molecule has 0 amide bonds. The van der Waals surface area contributed by atoms with Crippen molar-refractivity contribution in [2.45, 2.75) is 44.5 Å². The van der Waals surface area contributed by atoms with Crippen molar-refractivity contribution in [2.75, 3.05) is 20.3 Å². The van der Waals surface area contributed by atoms with Gasteiger partial charge in [-0.05, 0) is 32.6 Å². The van der Waals surface area contributed by atoms with Gasteiger partial charge >= 0.3 is 0 Å². The Labute approximate surface area is 91.7 Å². The smallest absolute Gasteiger partial charge is 0.107 e. The first-order valence-electron chi connectivity index (χ1n) is 5.60. The first-order chi connectivity index (χ1) is 7.05. The minimum absolute atomic E-state index is 0.204. The van der Waals surface area contributed by atoms with Crippen LogP contribution in [0.4, 0.5) is 0 Å². The molecule has 0 saturated heterocycles. The number of hydrogen-bond donors (Lipinski definition) is 2. The molecule has 0 aromatic rings. The predicted molar refractivity (Wildman–Crippen MR) is 58.6 cm³/mol. The molecule has 3 unspecified atom stereocenters. The molecule has 3 atom stereocenters. The van der Waals surface area contributed by atoms with Gasteiger partial charge in [0.1, 0.15) is 5.60 Å². The topological polar surface area (TPSA) is 64.7 Å². The Morgan fingerprint density at radius 1 is 1.47 bits per heavy atom. The molecule has 1 aliphatic rings. The molecule has 0 spiro atoms. The van der Waals surface area contributed by atoms with Gasteiger partial charge in [-0.25, -0.2) is 0 Å². The van der Waals surface area contributed by atoms with Crippen molar-refractivity contribution in [3.05, 3.63) is 0 Å². The van der Waals surface area contributed by atoms with E-state index < -0.39 is 11.7 Å². The van der Waals surface area contributed by atoms with Crippen molar-refractivity contribution in [2.24, 2.45) is 11.7 Å². The number of nitrogens with two attached hydrogens (primary N) is 1. The number of ether oxygens (including phenoxy) is 2. The van der Waals surface area contributed by atoms with Crippen LogP contribution >= 0.6 is 0 Å². The second-order valence-corrected chi connectivity index (χ2v) is 4.54. The molecule has 0 radical (unpaired) electrons. The second kappa shape index (κ2) is 5.25. The van der Waals surface area contributed by atoms with Crippen LogP contribution < -0.4 is 5.73 Å². The van der Waals surface area contributed by atoms with E-state index in [0.717, 1.165) is 12.8 Å². The van der Waals surface area contributed by atoms with Crippen molar-refractivity contribution in [3.63, 3.8) is 0 Å². The van der Waals surface area contributed by atoms with Gasteiger partial charge in [0.05, 0.1) is 18.8 Å². The Morgan fingerprint density at radius 3 is 2.40 bits per heavy atom. The molecule has 1 rings (SSSR count). The largest absolute Gasteiger partial charge is 0.391 e. The van der Waals surface area contributed by atoms with Crippen molar-refractivity contribution < 1.29 is 14.6 Å². The van der Waals surface area contributed by atoms with Gasteiger partial charge < -0.3 is 20.3 Å². The molecule has 0 aromatic carbocycles. The van der Waals surface area contributed by atoms with Crippen LogP contribution in [-0.4, -0.2) is 43.2 Å². The lowest BCUT2D eigenvalue weighted by molar-refractivity contribution is -0.154. The summed E-state index contributed by atoms with van der Waals surface area (Å²) >= 11 is 0. The highest BCUT2D eigenvalue weighted by molar-refractivity contribution is 4.98. The fraction of sp³-hybridized carbons (Fsp3) is 1.00. The van der Waals surface area contributed by atoms with Crippen molar-refractivity contribution in [1.82, 2.24) is 0 Å². The van der Waals surface area contributed by atoms with Crippen LogP contribution in [0, 0.1) is 5.92 Å². The van der Waals surface area contributed by atoms with Gasteiger partial charge in [-0.2, -0.15) is 0 Å². The van der Waals surface area contributed by atoms with Crippen LogP contribution in [0.5, 0.6) is 0 Å². The van der Waals surface area contributed by atoms with E-state index in [2.05, 4.69) is 0 Å². The van der Waals surface area contributed by atoms with Crippen LogP contribution in [0.3, 0.4) is 0 Å². The molecular weight excluding hydrogens is 194 g/mol. The molecule has 1 aliphatic carbocycles. The molecule has 0 aliphatic heterocycles. The van der Waals surface area contributed by atoms with Gasteiger partial charge in [-0.1, -0.05) is 0 Å². The molecule has 4 heteroatoms. The molecule has 1 saturated carbocycles. The highest BCUT2D eigenvalue weighted by Crippen LogP contribution is 2.42. The van der Waals surface area contributed by atoms with Gasteiger partial charge in [-0.15, -0.1) is 0 Å². The first-order valence-corrected chi connectivity index (χ1v) is 5.60. The molecule has 4 nitrogen and oxygen atoms in total. The average molecular weight is 217 g/mol. The van der Waals surface area contributed by atoms with E-state index >= 15 is 0 Å². The maximum atomic E-state index is 9.44. The summed E-state index contributed by atoms with van der Waals surface area (Å²) in [4.78, 5) is 0. The van der Waals surface area contributed by atoms with Crippen LogP contribution in [0.15, 0.2) is 0 Å². The standard InChI is InChI=1S/C11H23NO3/c1-8(13)9(2)15-11(6-12,7-14-3)10-4-5-10/h8-10,13H,4-7,12H2,1-3H3. The fourth-order valence-corrected chi connectivity index (χ4v) is 1.84. The Hall–Kier alpha value is -0.160. The van der Waals surface area contributed by atoms with Gasteiger partial charge in [0.15, 0.2) is 0 Å². The van der Waals surface area contributed by atoms with Crippen molar-refractivity contribution in [3.8, 4) is 0 Å². The zero-order chi connectivity index (χ0) is 11.5. The number of aliphatic hydroxyl groups is 1. The zero-order valence-corrected chi connectivity index (χ0v) is 9.90. The lowest BCUT2D eigenvalue weighted by atomic mass is 9.98. The minimum Gasteiger partial charge on any atom is -0.391 e. The zero-order valence-electron chi connectivity index (χ0n) is 9.90. The fourth-order valence-electron chi connectivity index (χ4n) is 1.84. The highest BCUT2D eigenvalue weighted by atomic mass is 16.6. The Balaban J connectivity index is 2.61. The van der Waals surface area contributed by atoms with Gasteiger partial charge in [0.25, 0.3) is 0 Å². The molecule has 1 fully saturated rings. The van der Waals surface area contributed by atoms with Crippen molar-refractivity contribution >= 4 is 0 Å². The number of methoxy groups -OCH3 is 1. The average Bonchev–Trinajstić information content (AvgIpc) is 3.00. The van der Waals surface area contributed by atoms with Crippen molar-refractivity contribution in [1.29, 1.82) is 0 Å². The number of rotatable bonds is 7. The predicted octanol–water partition coefficient (Wildman–Crippen LogP) is 0.526. The molecule has 0 aromatic heterocycles. The summed E-state index contributed by atoms with van der Waals surface area (Å²) in [5, 5.41) is 9.44. The van der Waals surface area contributed by atoms with Crippen LogP contribution in [0.25, 0.3) is 0 Å². The second-order valence-electron chi connectivity index (χ2n) is 4.54. The van der Waals surface area contributed by atoms with Gasteiger partial charge in [-0.3, -0.25) is 0 Å². The van der Waals surface area contributed by atoms with Crippen LogP contribution in [0.2, 0.25) is 0 Å². The summed E-state index contributed by atoms with van der Waals surface area (Å²) in [6.07, 6.45) is 1.61. The quantitative estimate of drug-likeness (QED) is 0.653. The summed E-state index contributed by atoms with van der Waals surface area (Å²) < 4.78 is 11.1.